The van der Waals surface area contributed by atoms with Crippen molar-refractivity contribution >= 4 is 52.2 Å². The molecular weight excluding hydrogens is 335 g/mol. The molecule has 2 aromatic rings. The van der Waals surface area contributed by atoms with Gasteiger partial charge in [0, 0.05) is 10.7 Å². The Labute approximate surface area is 137 Å². The Kier molecular flexibility index (Phi) is 5.17. The predicted molar refractivity (Wildman–Crippen MR) is 87.1 cm³/mol. The summed E-state index contributed by atoms with van der Waals surface area (Å²) in [5, 5.41) is 6.51. The SMILES string of the molecule is COc1ccc(NC(=O)Nc2ccc(Cl)cc2Cl)cc1Cl. The first kappa shape index (κ1) is 15.8. The average Bonchev–Trinajstić information content (AvgIpc) is 2.42. The van der Waals surface area contributed by atoms with E-state index in [9.17, 15) is 4.79 Å². The lowest BCUT2D eigenvalue weighted by molar-refractivity contribution is 0.262. The molecule has 4 nitrogen and oxygen atoms in total. The second-order valence-corrected chi connectivity index (χ2v) is 5.30. The number of amides is 2. The molecule has 0 bridgehead atoms. The molecule has 0 aliphatic heterocycles. The molecular formula is C14H11Cl3N2O2. The third-order valence-electron chi connectivity index (χ3n) is 2.59. The molecule has 0 saturated carbocycles. The van der Waals surface area contributed by atoms with E-state index in [-0.39, 0.29) is 0 Å². The van der Waals surface area contributed by atoms with Crippen molar-refractivity contribution in [3.8, 4) is 5.75 Å². The van der Waals surface area contributed by atoms with E-state index in [4.69, 9.17) is 39.5 Å². The van der Waals surface area contributed by atoms with Crippen molar-refractivity contribution in [2.45, 2.75) is 0 Å². The van der Waals surface area contributed by atoms with E-state index in [1.165, 1.54) is 7.11 Å². The molecule has 0 radical (unpaired) electrons. The highest BCUT2D eigenvalue weighted by Crippen LogP contribution is 2.28. The first-order valence-corrected chi connectivity index (χ1v) is 6.99. The van der Waals surface area contributed by atoms with Crippen LogP contribution >= 0.6 is 34.8 Å². The Bertz CT molecular complexity index is 677. The molecule has 0 heterocycles. The van der Waals surface area contributed by atoms with Gasteiger partial charge in [0.15, 0.2) is 0 Å². The Morgan fingerprint density at radius 3 is 2.38 bits per heavy atom. The van der Waals surface area contributed by atoms with Crippen LogP contribution in [0.15, 0.2) is 36.4 Å². The highest BCUT2D eigenvalue weighted by Gasteiger charge is 2.08. The average molecular weight is 346 g/mol. The molecule has 0 aromatic heterocycles. The maximum atomic E-state index is 11.9. The van der Waals surface area contributed by atoms with Gasteiger partial charge in [-0.3, -0.25) is 0 Å². The van der Waals surface area contributed by atoms with Crippen LogP contribution in [0.25, 0.3) is 0 Å². The lowest BCUT2D eigenvalue weighted by Crippen LogP contribution is -2.19. The summed E-state index contributed by atoms with van der Waals surface area (Å²) in [4.78, 5) is 11.9. The fraction of sp³-hybridized carbons (Fsp3) is 0.0714. The zero-order valence-corrected chi connectivity index (χ0v) is 13.2. The second kappa shape index (κ2) is 6.89. The molecule has 0 spiro atoms. The minimum absolute atomic E-state index is 0.352. The Morgan fingerprint density at radius 2 is 1.76 bits per heavy atom. The van der Waals surface area contributed by atoms with E-state index < -0.39 is 6.03 Å². The molecule has 0 atom stereocenters. The number of methoxy groups -OCH3 is 1. The Balaban J connectivity index is 2.06. The number of carbonyl (C=O) groups is 1. The van der Waals surface area contributed by atoms with Gasteiger partial charge in [0.05, 0.1) is 22.8 Å². The number of rotatable bonds is 3. The maximum Gasteiger partial charge on any atom is 0.323 e. The van der Waals surface area contributed by atoms with E-state index in [0.29, 0.717) is 32.2 Å². The van der Waals surface area contributed by atoms with Crippen LogP contribution < -0.4 is 15.4 Å². The van der Waals surface area contributed by atoms with Gasteiger partial charge in [0.25, 0.3) is 0 Å². The molecule has 21 heavy (non-hydrogen) atoms. The zero-order chi connectivity index (χ0) is 15.4. The molecule has 0 aliphatic carbocycles. The summed E-state index contributed by atoms with van der Waals surface area (Å²) in [6.07, 6.45) is 0. The number of hydrogen-bond donors (Lipinski definition) is 2. The summed E-state index contributed by atoms with van der Waals surface area (Å²) < 4.78 is 5.04. The molecule has 7 heteroatoms. The molecule has 0 saturated heterocycles. The fourth-order valence-electron chi connectivity index (χ4n) is 1.62. The summed E-state index contributed by atoms with van der Waals surface area (Å²) in [6, 6.07) is 9.27. The van der Waals surface area contributed by atoms with Gasteiger partial charge in [-0.2, -0.15) is 0 Å². The van der Waals surface area contributed by atoms with Crippen molar-refractivity contribution in [3.05, 3.63) is 51.5 Å². The van der Waals surface area contributed by atoms with Gasteiger partial charge in [-0.15, -0.1) is 0 Å². The van der Waals surface area contributed by atoms with Gasteiger partial charge in [-0.05, 0) is 36.4 Å². The minimum Gasteiger partial charge on any atom is -0.495 e. The molecule has 0 unspecified atom stereocenters. The van der Waals surface area contributed by atoms with Gasteiger partial charge >= 0.3 is 6.03 Å². The van der Waals surface area contributed by atoms with Crippen LogP contribution in [0, 0.1) is 0 Å². The quantitative estimate of drug-likeness (QED) is 0.793. The first-order chi connectivity index (χ1) is 9.99. The monoisotopic (exact) mass is 344 g/mol. The predicted octanol–water partition coefficient (Wildman–Crippen LogP) is 5.30. The van der Waals surface area contributed by atoms with Crippen LogP contribution in [0.3, 0.4) is 0 Å². The lowest BCUT2D eigenvalue weighted by Gasteiger charge is -2.10. The first-order valence-electron chi connectivity index (χ1n) is 5.86. The van der Waals surface area contributed by atoms with Crippen molar-refractivity contribution in [1.29, 1.82) is 0 Å². The van der Waals surface area contributed by atoms with E-state index in [0.717, 1.165) is 0 Å². The fourth-order valence-corrected chi connectivity index (χ4v) is 2.33. The van der Waals surface area contributed by atoms with E-state index in [2.05, 4.69) is 10.6 Å². The van der Waals surface area contributed by atoms with Crippen LogP contribution in [0.5, 0.6) is 5.75 Å². The molecule has 2 aromatic carbocycles. The van der Waals surface area contributed by atoms with Crippen LogP contribution in [0.4, 0.5) is 16.2 Å². The Morgan fingerprint density at radius 1 is 1.00 bits per heavy atom. The number of urea groups is 1. The van der Waals surface area contributed by atoms with E-state index in [1.54, 1.807) is 36.4 Å². The van der Waals surface area contributed by atoms with Crippen molar-refractivity contribution in [2.24, 2.45) is 0 Å². The van der Waals surface area contributed by atoms with Gasteiger partial charge in [-0.25, -0.2) is 4.79 Å². The van der Waals surface area contributed by atoms with Gasteiger partial charge in [-0.1, -0.05) is 34.8 Å². The lowest BCUT2D eigenvalue weighted by atomic mass is 10.3. The molecule has 110 valence electrons. The summed E-state index contributed by atoms with van der Waals surface area (Å²) in [5.74, 6) is 0.531. The van der Waals surface area contributed by atoms with Crippen LogP contribution in [-0.2, 0) is 0 Å². The maximum absolute atomic E-state index is 11.9. The largest absolute Gasteiger partial charge is 0.495 e. The topological polar surface area (TPSA) is 50.4 Å². The summed E-state index contributed by atoms with van der Waals surface area (Å²) in [6.45, 7) is 0. The highest BCUT2D eigenvalue weighted by molar-refractivity contribution is 6.36. The van der Waals surface area contributed by atoms with Crippen molar-refractivity contribution in [3.63, 3.8) is 0 Å². The number of ether oxygens (including phenoxy) is 1. The normalized spacial score (nSPS) is 10.1. The zero-order valence-electron chi connectivity index (χ0n) is 10.9. The smallest absolute Gasteiger partial charge is 0.323 e. The number of anilines is 2. The van der Waals surface area contributed by atoms with Crippen LogP contribution in [0.1, 0.15) is 0 Å². The third kappa shape index (κ3) is 4.17. The molecule has 2 amide bonds. The van der Waals surface area contributed by atoms with Crippen molar-refractivity contribution in [2.75, 3.05) is 17.7 Å². The molecule has 2 N–H and O–H groups in total. The standard InChI is InChI=1S/C14H11Cl3N2O2/c1-21-13-5-3-9(7-11(13)17)18-14(20)19-12-4-2-8(15)6-10(12)16/h2-7H,1H3,(H2,18,19,20). The van der Waals surface area contributed by atoms with Crippen LogP contribution in [0.2, 0.25) is 15.1 Å². The van der Waals surface area contributed by atoms with E-state index in [1.807, 2.05) is 0 Å². The van der Waals surface area contributed by atoms with Gasteiger partial charge < -0.3 is 15.4 Å². The number of benzene rings is 2. The molecule has 0 fully saturated rings. The van der Waals surface area contributed by atoms with E-state index >= 15 is 0 Å². The summed E-state index contributed by atoms with van der Waals surface area (Å²) >= 11 is 17.8. The number of halogens is 3. The summed E-state index contributed by atoms with van der Waals surface area (Å²) in [7, 11) is 1.52. The molecule has 2 rings (SSSR count). The third-order valence-corrected chi connectivity index (χ3v) is 3.43. The number of nitrogens with one attached hydrogen (secondary N) is 2. The second-order valence-electron chi connectivity index (χ2n) is 4.05. The van der Waals surface area contributed by atoms with Gasteiger partial charge in [0.1, 0.15) is 5.75 Å². The number of carbonyl (C=O) groups excluding carboxylic acids is 1. The molecule has 0 aliphatic rings. The Hall–Kier alpha value is -1.62. The minimum atomic E-state index is -0.444. The van der Waals surface area contributed by atoms with Crippen molar-refractivity contribution in [1.82, 2.24) is 0 Å². The summed E-state index contributed by atoms with van der Waals surface area (Å²) in [5.41, 5.74) is 0.988. The van der Waals surface area contributed by atoms with Gasteiger partial charge in [0.2, 0.25) is 0 Å². The number of hydrogen-bond acceptors (Lipinski definition) is 2. The highest BCUT2D eigenvalue weighted by atomic mass is 35.5. The van der Waals surface area contributed by atoms with Crippen LogP contribution in [-0.4, -0.2) is 13.1 Å². The van der Waals surface area contributed by atoms with Crippen molar-refractivity contribution < 1.29 is 9.53 Å².